The fourth-order valence-electron chi connectivity index (χ4n) is 9.83. The summed E-state index contributed by atoms with van der Waals surface area (Å²) in [6, 6.07) is 8.04. The highest BCUT2D eigenvalue weighted by Crippen LogP contribution is 2.42. The lowest BCUT2D eigenvalue weighted by Gasteiger charge is -2.50. The van der Waals surface area contributed by atoms with Crippen molar-refractivity contribution in [3.8, 4) is 0 Å². The number of hydrogen-bond acceptors (Lipinski definition) is 15. The highest BCUT2D eigenvalue weighted by molar-refractivity contribution is 5.83. The summed E-state index contributed by atoms with van der Waals surface area (Å²) >= 11 is 0. The molecule has 18 atom stereocenters. The normalized spacial score (nSPS) is 42.9. The number of aliphatic hydroxyl groups is 3. The standard InChI is InChI=1S/C47H80N2O13/c1-17-35-47(10,54)40(51)28(4)37(50)26(2)23-46(9,56-16)42(29(5)38(30(6)43(53)60-35)61-36-24-45(8,55-15)41(52)31(7)59-36)62-44-39(34(49(13)14)22-27(3)58-44)57-25-32-18-20-33(21-19-32)48(11)12/h18-21,26-31,34-36,38-42,44,51-52,54H,17,22-25H2,1-16H3/t26-,27-,28+,29+,30-,31+,34+,35-,36+,38+,39-,40-,41+,42-,44+,45-,46+,47-/m1/s1. The first kappa shape index (κ1) is 52.3. The molecule has 15 heteroatoms. The van der Waals surface area contributed by atoms with Crippen molar-refractivity contribution >= 4 is 17.4 Å². The first-order valence-corrected chi connectivity index (χ1v) is 22.4. The first-order valence-electron chi connectivity index (χ1n) is 22.4. The number of aliphatic hydroxyl groups excluding tert-OH is 2. The molecule has 3 aliphatic heterocycles. The molecule has 0 saturated carbocycles. The van der Waals surface area contributed by atoms with Crippen LogP contribution < -0.4 is 4.90 Å². The molecule has 0 unspecified atom stereocenters. The van der Waals surface area contributed by atoms with Crippen molar-refractivity contribution in [1.29, 1.82) is 0 Å². The van der Waals surface area contributed by atoms with E-state index in [4.69, 9.17) is 37.9 Å². The average molecular weight is 881 g/mol. The quantitative estimate of drug-likeness (QED) is 0.246. The van der Waals surface area contributed by atoms with Crippen LogP contribution in [-0.4, -0.2) is 159 Å². The summed E-state index contributed by atoms with van der Waals surface area (Å²) in [7, 11) is 11.1. The van der Waals surface area contributed by atoms with Crippen LogP contribution in [0.3, 0.4) is 0 Å². The SMILES string of the molecule is CC[C@H]1OC(=O)[C@H](C)[C@@H](O[C@H]2C[C@@](C)(OC)[C@@H](O)[C@H](C)O2)[C@H](C)[C@@H](O[C@@H]2O[C@H](C)C[C@H](N(C)C)[C@H]2OCc2ccc(N(C)C)cc2)[C@@](C)(OC)C[C@@H](C)C(=O)[C@H](C)[C@@H](O)[C@]1(C)O. The Morgan fingerprint density at radius 2 is 1.42 bits per heavy atom. The molecule has 0 aromatic heterocycles. The van der Waals surface area contributed by atoms with Gasteiger partial charge in [-0.25, -0.2) is 0 Å². The third kappa shape index (κ3) is 11.6. The number of hydrogen-bond donors (Lipinski definition) is 3. The zero-order chi connectivity index (χ0) is 46.6. The van der Waals surface area contributed by atoms with Gasteiger partial charge in [0.05, 0.1) is 54.2 Å². The summed E-state index contributed by atoms with van der Waals surface area (Å²) in [5, 5.41) is 34.5. The van der Waals surface area contributed by atoms with Gasteiger partial charge in [-0.1, -0.05) is 39.8 Å². The van der Waals surface area contributed by atoms with E-state index in [9.17, 15) is 24.9 Å². The van der Waals surface area contributed by atoms with E-state index in [1.807, 2.05) is 78.1 Å². The Hall–Kier alpha value is -2.28. The van der Waals surface area contributed by atoms with Gasteiger partial charge in [-0.3, -0.25) is 9.59 Å². The van der Waals surface area contributed by atoms with Crippen LogP contribution in [0.2, 0.25) is 0 Å². The highest BCUT2D eigenvalue weighted by atomic mass is 16.7. The number of ketones is 1. The van der Waals surface area contributed by atoms with Crippen LogP contribution in [0.25, 0.3) is 0 Å². The van der Waals surface area contributed by atoms with Gasteiger partial charge in [-0.2, -0.15) is 0 Å². The number of ether oxygens (including phenoxy) is 8. The Kier molecular flexibility index (Phi) is 18.0. The lowest BCUT2D eigenvalue weighted by Crippen LogP contribution is -2.61. The Bertz CT molecular complexity index is 1600. The third-order valence-corrected chi connectivity index (χ3v) is 14.1. The molecule has 1 aromatic rings. The molecule has 4 rings (SSSR count). The molecule has 3 fully saturated rings. The summed E-state index contributed by atoms with van der Waals surface area (Å²) in [6.07, 6.45) is -7.91. The monoisotopic (exact) mass is 881 g/mol. The topological polar surface area (TPSA) is 175 Å². The first-order chi connectivity index (χ1) is 28.8. The molecule has 356 valence electrons. The lowest BCUT2D eigenvalue weighted by atomic mass is 9.74. The molecule has 0 amide bonds. The van der Waals surface area contributed by atoms with Crippen molar-refractivity contribution in [2.75, 3.05) is 47.3 Å². The van der Waals surface area contributed by atoms with E-state index in [0.29, 0.717) is 6.42 Å². The fraction of sp³-hybridized carbons (Fsp3) is 0.830. The number of likely N-dealkylation sites (N-methyl/N-ethyl adjacent to an activating group) is 1. The van der Waals surface area contributed by atoms with Crippen LogP contribution in [0.15, 0.2) is 24.3 Å². The van der Waals surface area contributed by atoms with Crippen molar-refractivity contribution in [2.24, 2.45) is 23.7 Å². The van der Waals surface area contributed by atoms with Crippen LogP contribution in [0.5, 0.6) is 0 Å². The van der Waals surface area contributed by atoms with E-state index in [1.165, 1.54) is 14.0 Å². The second-order valence-electron chi connectivity index (χ2n) is 19.5. The zero-order valence-electron chi connectivity index (χ0n) is 40.3. The molecule has 3 N–H and O–H groups in total. The molecule has 0 spiro atoms. The van der Waals surface area contributed by atoms with Crippen molar-refractivity contribution in [3.63, 3.8) is 0 Å². The number of rotatable bonds is 12. The number of anilines is 1. The largest absolute Gasteiger partial charge is 0.459 e. The second-order valence-corrected chi connectivity index (χ2v) is 19.5. The number of methoxy groups -OCH3 is 2. The molecule has 3 aliphatic rings. The summed E-state index contributed by atoms with van der Waals surface area (Å²) in [5.41, 5.74) is -2.21. The van der Waals surface area contributed by atoms with Gasteiger partial charge in [0.15, 0.2) is 12.6 Å². The molecule has 3 saturated heterocycles. The van der Waals surface area contributed by atoms with E-state index in [2.05, 4.69) is 4.90 Å². The van der Waals surface area contributed by atoms with Crippen LogP contribution in [-0.2, 0) is 54.1 Å². The van der Waals surface area contributed by atoms with Crippen molar-refractivity contribution in [1.82, 2.24) is 4.90 Å². The Morgan fingerprint density at radius 1 is 0.806 bits per heavy atom. The molecule has 62 heavy (non-hydrogen) atoms. The van der Waals surface area contributed by atoms with Gasteiger partial charge < -0.3 is 63.0 Å². The smallest absolute Gasteiger partial charge is 0.311 e. The molecule has 3 heterocycles. The van der Waals surface area contributed by atoms with Crippen LogP contribution in [0.1, 0.15) is 100 Å². The molecular weight excluding hydrogens is 801 g/mol. The Balaban J connectivity index is 1.87. The number of esters is 1. The van der Waals surface area contributed by atoms with Crippen molar-refractivity contribution in [2.45, 2.75) is 186 Å². The number of benzene rings is 1. The molecule has 0 radical (unpaired) electrons. The number of Topliss-reactive ketones (excluding diaryl/α,β-unsaturated/α-hetero) is 1. The summed E-state index contributed by atoms with van der Waals surface area (Å²) in [6.45, 7) is 17.7. The maximum absolute atomic E-state index is 14.5. The Morgan fingerprint density at radius 3 is 1.97 bits per heavy atom. The zero-order valence-corrected chi connectivity index (χ0v) is 40.3. The van der Waals surface area contributed by atoms with E-state index in [1.54, 1.807) is 48.7 Å². The van der Waals surface area contributed by atoms with E-state index in [0.717, 1.165) is 11.3 Å². The van der Waals surface area contributed by atoms with Crippen LogP contribution >= 0.6 is 0 Å². The fourth-order valence-corrected chi connectivity index (χ4v) is 9.83. The number of carbonyl (C=O) groups is 2. The maximum atomic E-state index is 14.5. The summed E-state index contributed by atoms with van der Waals surface area (Å²) in [4.78, 5) is 32.9. The molecule has 1 aromatic carbocycles. The van der Waals surface area contributed by atoms with Gasteiger partial charge in [-0.15, -0.1) is 0 Å². The van der Waals surface area contributed by atoms with Gasteiger partial charge in [0.2, 0.25) is 0 Å². The van der Waals surface area contributed by atoms with Gasteiger partial charge in [0, 0.05) is 64.2 Å². The lowest BCUT2D eigenvalue weighted by molar-refractivity contribution is -0.323. The predicted octanol–water partition coefficient (Wildman–Crippen LogP) is 4.73. The van der Waals surface area contributed by atoms with Gasteiger partial charge in [-0.05, 0) is 92.6 Å². The van der Waals surface area contributed by atoms with E-state index in [-0.39, 0.29) is 43.8 Å². The predicted molar refractivity (Wildman–Crippen MR) is 234 cm³/mol. The van der Waals surface area contributed by atoms with Crippen molar-refractivity contribution < 1.29 is 62.8 Å². The maximum Gasteiger partial charge on any atom is 0.311 e. The average Bonchev–Trinajstić information content (AvgIpc) is 3.23. The van der Waals surface area contributed by atoms with E-state index < -0.39 is 102 Å². The number of nitrogens with zero attached hydrogens (tertiary/aromatic N) is 2. The number of cyclic esters (lactones) is 1. The molecular formula is C47H80N2O13. The summed E-state index contributed by atoms with van der Waals surface area (Å²) < 4.78 is 52.2. The highest BCUT2D eigenvalue weighted by Gasteiger charge is 2.54. The minimum absolute atomic E-state index is 0.120. The van der Waals surface area contributed by atoms with Crippen LogP contribution in [0, 0.1) is 23.7 Å². The van der Waals surface area contributed by atoms with E-state index >= 15 is 0 Å². The molecule has 0 aliphatic carbocycles. The van der Waals surface area contributed by atoms with Gasteiger partial charge >= 0.3 is 5.97 Å². The number of carbonyl (C=O) groups excluding carboxylic acids is 2. The van der Waals surface area contributed by atoms with Gasteiger partial charge in [0.1, 0.15) is 29.7 Å². The third-order valence-electron chi connectivity index (χ3n) is 14.1. The van der Waals surface area contributed by atoms with Crippen molar-refractivity contribution in [3.05, 3.63) is 29.8 Å². The minimum Gasteiger partial charge on any atom is -0.459 e. The second kappa shape index (κ2) is 21.4. The molecule has 0 bridgehead atoms. The summed E-state index contributed by atoms with van der Waals surface area (Å²) in [5.74, 6) is -4.41. The van der Waals surface area contributed by atoms with Crippen LogP contribution in [0.4, 0.5) is 5.69 Å². The molecule has 15 nitrogen and oxygen atoms in total. The minimum atomic E-state index is -1.97. The van der Waals surface area contributed by atoms with Gasteiger partial charge in [0.25, 0.3) is 0 Å². The Labute approximate surface area is 371 Å².